The van der Waals surface area contributed by atoms with Gasteiger partial charge in [-0.05, 0) is 44.8 Å². The molecule has 0 aliphatic rings. The van der Waals surface area contributed by atoms with Crippen molar-refractivity contribution in [3.63, 3.8) is 0 Å². The Morgan fingerprint density at radius 3 is 2.76 bits per heavy atom. The summed E-state index contributed by atoms with van der Waals surface area (Å²) in [5.41, 5.74) is 1.62. The Morgan fingerprint density at radius 2 is 2.18 bits per heavy atom. The average Bonchev–Trinajstić information content (AvgIpc) is 2.21. The number of carbonyl (C=O) groups is 1. The van der Waals surface area contributed by atoms with E-state index in [2.05, 4.69) is 5.32 Å². The summed E-state index contributed by atoms with van der Waals surface area (Å²) in [6.45, 7) is 2.94. The van der Waals surface area contributed by atoms with Crippen LogP contribution < -0.4 is 5.32 Å². The molecule has 4 nitrogen and oxygen atoms in total. The van der Waals surface area contributed by atoms with E-state index in [9.17, 15) is 4.79 Å². The van der Waals surface area contributed by atoms with E-state index in [4.69, 9.17) is 16.3 Å². The van der Waals surface area contributed by atoms with Gasteiger partial charge in [-0.1, -0.05) is 11.6 Å². The Bertz CT molecular complexity index is 394. The van der Waals surface area contributed by atoms with Gasteiger partial charge < -0.3 is 9.64 Å². The van der Waals surface area contributed by atoms with Gasteiger partial charge in [0.2, 0.25) is 0 Å². The summed E-state index contributed by atoms with van der Waals surface area (Å²) in [5, 5.41) is 3.32. The van der Waals surface area contributed by atoms with E-state index in [-0.39, 0.29) is 0 Å². The van der Waals surface area contributed by atoms with Crippen molar-refractivity contribution in [2.45, 2.75) is 6.92 Å². The van der Waals surface area contributed by atoms with Crippen molar-refractivity contribution >= 4 is 23.4 Å². The molecular weight excluding hydrogens is 240 g/mol. The van der Waals surface area contributed by atoms with E-state index in [0.717, 1.165) is 5.56 Å². The number of ether oxygens (including phenoxy) is 1. The normalized spacial score (nSPS) is 10.4. The van der Waals surface area contributed by atoms with Gasteiger partial charge in [-0.3, -0.25) is 5.32 Å². The predicted molar refractivity (Wildman–Crippen MR) is 69.7 cm³/mol. The number of benzene rings is 1. The number of aryl methyl sites for hydroxylation is 1. The minimum Gasteiger partial charge on any atom is -0.448 e. The third kappa shape index (κ3) is 5.06. The van der Waals surface area contributed by atoms with Crippen LogP contribution in [-0.4, -0.2) is 38.2 Å². The van der Waals surface area contributed by atoms with Crippen molar-refractivity contribution in [3.8, 4) is 0 Å². The number of hydrogen-bond acceptors (Lipinski definition) is 3. The number of hydrogen-bond donors (Lipinski definition) is 1. The second kappa shape index (κ2) is 6.47. The van der Waals surface area contributed by atoms with Crippen LogP contribution in [0.5, 0.6) is 0 Å². The minimum absolute atomic E-state index is 0.367. The standard InChI is InChI=1S/C12H17ClN2O2/c1-9-8-10(13)4-5-11(9)14-12(16)17-7-6-15(2)3/h4-5,8H,6-7H2,1-3H3,(H,14,16). The quantitative estimate of drug-likeness (QED) is 0.901. The Balaban J connectivity index is 2.45. The number of nitrogens with one attached hydrogen (secondary N) is 1. The Labute approximate surface area is 107 Å². The highest BCUT2D eigenvalue weighted by Gasteiger charge is 2.05. The maximum absolute atomic E-state index is 11.4. The maximum Gasteiger partial charge on any atom is 0.411 e. The second-order valence-electron chi connectivity index (χ2n) is 4.02. The van der Waals surface area contributed by atoms with E-state index in [1.807, 2.05) is 25.9 Å². The summed E-state index contributed by atoms with van der Waals surface area (Å²) in [5.74, 6) is 0. The van der Waals surface area contributed by atoms with Crippen molar-refractivity contribution in [2.75, 3.05) is 32.6 Å². The molecule has 0 saturated heterocycles. The molecule has 0 unspecified atom stereocenters. The number of amides is 1. The molecule has 0 heterocycles. The Morgan fingerprint density at radius 1 is 1.47 bits per heavy atom. The lowest BCUT2D eigenvalue weighted by Crippen LogP contribution is -2.22. The fourth-order valence-corrected chi connectivity index (χ4v) is 1.46. The SMILES string of the molecule is Cc1cc(Cl)ccc1NC(=O)OCCN(C)C. The zero-order valence-electron chi connectivity index (χ0n) is 10.3. The molecule has 94 valence electrons. The highest BCUT2D eigenvalue weighted by Crippen LogP contribution is 2.19. The van der Waals surface area contributed by atoms with E-state index >= 15 is 0 Å². The van der Waals surface area contributed by atoms with E-state index in [0.29, 0.717) is 23.9 Å². The van der Waals surface area contributed by atoms with Crippen LogP contribution in [0.3, 0.4) is 0 Å². The van der Waals surface area contributed by atoms with Gasteiger partial charge in [0.15, 0.2) is 0 Å². The smallest absolute Gasteiger partial charge is 0.411 e. The van der Waals surface area contributed by atoms with Crippen molar-refractivity contribution in [1.29, 1.82) is 0 Å². The molecule has 0 spiro atoms. The van der Waals surface area contributed by atoms with Crippen LogP contribution in [0, 0.1) is 6.92 Å². The molecule has 0 aliphatic heterocycles. The Hall–Kier alpha value is -1.26. The first-order valence-corrected chi connectivity index (χ1v) is 5.71. The molecule has 0 atom stereocenters. The molecule has 0 aromatic heterocycles. The highest BCUT2D eigenvalue weighted by molar-refractivity contribution is 6.30. The minimum atomic E-state index is -0.447. The van der Waals surface area contributed by atoms with Gasteiger partial charge in [0.05, 0.1) is 0 Å². The summed E-state index contributed by atoms with van der Waals surface area (Å²) in [7, 11) is 3.84. The van der Waals surface area contributed by atoms with Crippen LogP contribution in [0.4, 0.5) is 10.5 Å². The molecule has 5 heteroatoms. The fraction of sp³-hybridized carbons (Fsp3) is 0.417. The molecular formula is C12H17ClN2O2. The van der Waals surface area contributed by atoms with Gasteiger partial charge in [-0.2, -0.15) is 0 Å². The molecule has 0 aliphatic carbocycles. The van der Waals surface area contributed by atoms with Crippen LogP contribution in [0.1, 0.15) is 5.56 Å². The first kappa shape index (κ1) is 13.8. The lowest BCUT2D eigenvalue weighted by atomic mass is 10.2. The topological polar surface area (TPSA) is 41.6 Å². The molecule has 1 aromatic carbocycles. The average molecular weight is 257 g/mol. The molecule has 0 radical (unpaired) electrons. The first-order valence-electron chi connectivity index (χ1n) is 5.33. The first-order chi connectivity index (χ1) is 7.99. The van der Waals surface area contributed by atoms with Crippen LogP contribution >= 0.6 is 11.6 Å². The van der Waals surface area contributed by atoms with Crippen molar-refractivity contribution in [2.24, 2.45) is 0 Å². The van der Waals surface area contributed by atoms with Crippen molar-refractivity contribution in [3.05, 3.63) is 28.8 Å². The largest absolute Gasteiger partial charge is 0.448 e. The summed E-state index contributed by atoms with van der Waals surface area (Å²) in [4.78, 5) is 13.4. The second-order valence-corrected chi connectivity index (χ2v) is 4.46. The number of halogens is 1. The van der Waals surface area contributed by atoms with Gasteiger partial charge in [0.1, 0.15) is 6.61 Å². The van der Waals surface area contributed by atoms with Crippen LogP contribution in [-0.2, 0) is 4.74 Å². The monoisotopic (exact) mass is 256 g/mol. The van der Waals surface area contributed by atoms with Crippen LogP contribution in [0.15, 0.2) is 18.2 Å². The van der Waals surface area contributed by atoms with Gasteiger partial charge in [-0.15, -0.1) is 0 Å². The van der Waals surface area contributed by atoms with Crippen molar-refractivity contribution < 1.29 is 9.53 Å². The molecule has 0 saturated carbocycles. The summed E-state index contributed by atoms with van der Waals surface area (Å²) in [6, 6.07) is 5.27. The number of likely N-dealkylation sites (N-methyl/N-ethyl adjacent to an activating group) is 1. The number of rotatable bonds is 4. The third-order valence-electron chi connectivity index (χ3n) is 2.20. The van der Waals surface area contributed by atoms with Gasteiger partial charge in [0.25, 0.3) is 0 Å². The van der Waals surface area contributed by atoms with E-state index < -0.39 is 6.09 Å². The summed E-state index contributed by atoms with van der Waals surface area (Å²) < 4.78 is 5.02. The molecule has 0 fully saturated rings. The molecule has 1 amide bonds. The fourth-order valence-electron chi connectivity index (χ4n) is 1.23. The zero-order valence-corrected chi connectivity index (χ0v) is 11.0. The van der Waals surface area contributed by atoms with Gasteiger partial charge in [-0.25, -0.2) is 4.79 Å². The van der Waals surface area contributed by atoms with E-state index in [1.165, 1.54) is 0 Å². The van der Waals surface area contributed by atoms with Gasteiger partial charge >= 0.3 is 6.09 Å². The van der Waals surface area contributed by atoms with Crippen molar-refractivity contribution in [1.82, 2.24) is 4.90 Å². The van der Waals surface area contributed by atoms with Crippen LogP contribution in [0.25, 0.3) is 0 Å². The number of carbonyl (C=O) groups excluding carboxylic acids is 1. The molecule has 17 heavy (non-hydrogen) atoms. The van der Waals surface area contributed by atoms with Crippen LogP contribution in [0.2, 0.25) is 5.02 Å². The number of nitrogens with zero attached hydrogens (tertiary/aromatic N) is 1. The maximum atomic E-state index is 11.4. The molecule has 1 N–H and O–H groups in total. The molecule has 1 rings (SSSR count). The summed E-state index contributed by atoms with van der Waals surface area (Å²) in [6.07, 6.45) is -0.447. The predicted octanol–water partition coefficient (Wildman–Crippen LogP) is 2.76. The highest BCUT2D eigenvalue weighted by atomic mass is 35.5. The number of anilines is 1. The molecule has 1 aromatic rings. The van der Waals surface area contributed by atoms with Gasteiger partial charge in [0, 0.05) is 17.3 Å². The lowest BCUT2D eigenvalue weighted by Gasteiger charge is -2.11. The molecule has 0 bridgehead atoms. The van der Waals surface area contributed by atoms with E-state index in [1.54, 1.807) is 18.2 Å². The zero-order chi connectivity index (χ0) is 12.8. The Kier molecular flexibility index (Phi) is 5.25. The summed E-state index contributed by atoms with van der Waals surface area (Å²) >= 11 is 5.82. The lowest BCUT2D eigenvalue weighted by molar-refractivity contribution is 0.151. The third-order valence-corrected chi connectivity index (χ3v) is 2.43.